The van der Waals surface area contributed by atoms with Crippen molar-refractivity contribution in [2.75, 3.05) is 10.5 Å². The van der Waals surface area contributed by atoms with Crippen molar-refractivity contribution in [3.05, 3.63) is 48.2 Å². The van der Waals surface area contributed by atoms with E-state index in [0.717, 1.165) is 0 Å². The van der Waals surface area contributed by atoms with Crippen molar-refractivity contribution in [2.24, 2.45) is 0 Å². The molecule has 0 spiro atoms. The molecule has 0 unspecified atom stereocenters. The van der Waals surface area contributed by atoms with Crippen molar-refractivity contribution in [2.45, 2.75) is 5.75 Å². The molecule has 7 heteroatoms. The number of rotatable bonds is 4. The Bertz CT molecular complexity index is 629. The summed E-state index contributed by atoms with van der Waals surface area (Å²) in [5, 5.41) is 7.25. The summed E-state index contributed by atoms with van der Waals surface area (Å²) in [6, 6.07) is 9.87. The molecule has 0 amide bonds. The molecular formula is C11H12N4O2S. The Balaban J connectivity index is 2.13. The van der Waals surface area contributed by atoms with E-state index in [1.165, 1.54) is 12.3 Å². The largest absolute Gasteiger partial charge is 0.399 e. The number of sulfonamides is 1. The number of nitrogens with two attached hydrogens (primary N) is 1. The van der Waals surface area contributed by atoms with Gasteiger partial charge >= 0.3 is 0 Å². The number of nitrogens with zero attached hydrogens (tertiary/aromatic N) is 2. The van der Waals surface area contributed by atoms with E-state index in [2.05, 4.69) is 14.9 Å². The number of hydrogen-bond donors (Lipinski definition) is 2. The van der Waals surface area contributed by atoms with Crippen LogP contribution in [0.4, 0.5) is 11.5 Å². The van der Waals surface area contributed by atoms with Gasteiger partial charge in [-0.3, -0.25) is 4.72 Å². The van der Waals surface area contributed by atoms with Crippen LogP contribution < -0.4 is 10.5 Å². The Hall–Kier alpha value is -2.15. The molecule has 0 saturated carbocycles. The minimum Gasteiger partial charge on any atom is -0.399 e. The van der Waals surface area contributed by atoms with Crippen LogP contribution in [-0.4, -0.2) is 18.6 Å². The van der Waals surface area contributed by atoms with Gasteiger partial charge in [-0.25, -0.2) is 8.42 Å². The Kier molecular flexibility index (Phi) is 3.42. The summed E-state index contributed by atoms with van der Waals surface area (Å²) in [7, 11) is -3.51. The van der Waals surface area contributed by atoms with Gasteiger partial charge in [-0.1, -0.05) is 12.1 Å². The standard InChI is InChI=1S/C11H12N4O2S/c12-10-4-1-3-9(7-10)8-18(16,17)15-11-5-2-6-13-14-11/h1-7H,8,12H2,(H,14,15). The molecular weight excluding hydrogens is 252 g/mol. The van der Waals surface area contributed by atoms with Crippen LogP contribution in [0.5, 0.6) is 0 Å². The number of benzene rings is 1. The fourth-order valence-electron chi connectivity index (χ4n) is 1.45. The van der Waals surface area contributed by atoms with Crippen molar-refractivity contribution in [1.82, 2.24) is 10.2 Å². The second-order valence-electron chi connectivity index (χ2n) is 3.72. The molecule has 6 nitrogen and oxygen atoms in total. The van der Waals surface area contributed by atoms with Gasteiger partial charge < -0.3 is 5.73 Å². The molecule has 94 valence electrons. The minimum absolute atomic E-state index is 0.158. The number of hydrogen-bond acceptors (Lipinski definition) is 5. The normalized spacial score (nSPS) is 11.1. The first kappa shape index (κ1) is 12.3. The maximum Gasteiger partial charge on any atom is 0.238 e. The third kappa shape index (κ3) is 3.42. The van der Waals surface area contributed by atoms with Gasteiger partial charge in [-0.05, 0) is 29.8 Å². The van der Waals surface area contributed by atoms with E-state index >= 15 is 0 Å². The summed E-state index contributed by atoms with van der Waals surface area (Å²) >= 11 is 0. The number of nitrogens with one attached hydrogen (secondary N) is 1. The minimum atomic E-state index is -3.51. The molecule has 18 heavy (non-hydrogen) atoms. The monoisotopic (exact) mass is 264 g/mol. The summed E-state index contributed by atoms with van der Waals surface area (Å²) in [5.41, 5.74) is 6.74. The van der Waals surface area contributed by atoms with E-state index in [1.807, 2.05) is 0 Å². The molecule has 1 aromatic carbocycles. The molecule has 3 N–H and O–H groups in total. The van der Waals surface area contributed by atoms with Crippen molar-refractivity contribution in [3.63, 3.8) is 0 Å². The molecule has 0 bridgehead atoms. The van der Waals surface area contributed by atoms with Gasteiger partial charge in [0.15, 0.2) is 5.82 Å². The average Bonchev–Trinajstić information content (AvgIpc) is 2.28. The summed E-state index contributed by atoms with van der Waals surface area (Å²) in [5.74, 6) is 0.0376. The van der Waals surface area contributed by atoms with Crippen molar-refractivity contribution < 1.29 is 8.42 Å². The molecule has 0 fully saturated rings. The van der Waals surface area contributed by atoms with Crippen LogP contribution in [-0.2, 0) is 15.8 Å². The molecule has 0 aliphatic carbocycles. The van der Waals surface area contributed by atoms with Gasteiger partial charge in [0, 0.05) is 11.9 Å². The number of nitrogen functional groups attached to an aromatic ring is 1. The quantitative estimate of drug-likeness (QED) is 0.803. The Morgan fingerprint density at radius 2 is 2.06 bits per heavy atom. The van der Waals surface area contributed by atoms with Crippen molar-refractivity contribution in [3.8, 4) is 0 Å². The first-order valence-electron chi connectivity index (χ1n) is 5.18. The molecule has 0 aliphatic heterocycles. The maximum atomic E-state index is 11.9. The summed E-state index contributed by atoms with van der Waals surface area (Å²) < 4.78 is 26.1. The van der Waals surface area contributed by atoms with Crippen LogP contribution in [0.3, 0.4) is 0 Å². The molecule has 1 aromatic heterocycles. The van der Waals surface area contributed by atoms with Crippen LogP contribution in [0, 0.1) is 0 Å². The first-order chi connectivity index (χ1) is 8.55. The second-order valence-corrected chi connectivity index (χ2v) is 5.44. The highest BCUT2D eigenvalue weighted by Gasteiger charge is 2.12. The summed E-state index contributed by atoms with van der Waals surface area (Å²) in [6.07, 6.45) is 1.47. The van der Waals surface area contributed by atoms with Crippen molar-refractivity contribution >= 4 is 21.5 Å². The van der Waals surface area contributed by atoms with E-state index in [-0.39, 0.29) is 11.6 Å². The first-order valence-corrected chi connectivity index (χ1v) is 6.83. The van der Waals surface area contributed by atoms with Crippen molar-refractivity contribution in [1.29, 1.82) is 0 Å². The molecule has 0 aliphatic rings. The molecule has 2 rings (SSSR count). The van der Waals surface area contributed by atoms with Crippen LogP contribution in [0.25, 0.3) is 0 Å². The fraction of sp³-hybridized carbons (Fsp3) is 0.0909. The van der Waals surface area contributed by atoms with E-state index < -0.39 is 10.0 Å². The van der Waals surface area contributed by atoms with Crippen LogP contribution in [0.1, 0.15) is 5.56 Å². The molecule has 2 aromatic rings. The molecule has 0 atom stereocenters. The zero-order valence-electron chi connectivity index (χ0n) is 9.45. The van der Waals surface area contributed by atoms with Crippen LogP contribution >= 0.6 is 0 Å². The van der Waals surface area contributed by atoms with Gasteiger partial charge in [0.1, 0.15) is 0 Å². The smallest absolute Gasteiger partial charge is 0.238 e. The maximum absolute atomic E-state index is 11.9. The SMILES string of the molecule is Nc1cccc(CS(=O)(=O)Nc2cccnn2)c1. The fourth-order valence-corrected chi connectivity index (χ4v) is 2.57. The zero-order chi connectivity index (χ0) is 13.0. The summed E-state index contributed by atoms with van der Waals surface area (Å²) in [6.45, 7) is 0. The van der Waals surface area contributed by atoms with Crippen LogP contribution in [0.15, 0.2) is 42.6 Å². The van der Waals surface area contributed by atoms with E-state index in [0.29, 0.717) is 11.3 Å². The van der Waals surface area contributed by atoms with Gasteiger partial charge in [-0.2, -0.15) is 5.10 Å². The third-order valence-electron chi connectivity index (χ3n) is 2.14. The van der Waals surface area contributed by atoms with Gasteiger partial charge in [0.05, 0.1) is 5.75 Å². The lowest BCUT2D eigenvalue weighted by atomic mass is 10.2. The highest BCUT2D eigenvalue weighted by Crippen LogP contribution is 2.12. The second kappa shape index (κ2) is 5.01. The third-order valence-corrected chi connectivity index (χ3v) is 3.37. The molecule has 0 radical (unpaired) electrons. The Morgan fingerprint density at radius 3 is 2.72 bits per heavy atom. The lowest BCUT2D eigenvalue weighted by molar-refractivity contribution is 0.600. The van der Waals surface area contributed by atoms with E-state index in [9.17, 15) is 8.42 Å². The highest BCUT2D eigenvalue weighted by molar-refractivity contribution is 7.91. The Labute approximate surface area is 105 Å². The summed E-state index contributed by atoms with van der Waals surface area (Å²) in [4.78, 5) is 0. The highest BCUT2D eigenvalue weighted by atomic mass is 32.2. The number of aromatic nitrogens is 2. The van der Waals surface area contributed by atoms with Crippen LogP contribution in [0.2, 0.25) is 0 Å². The van der Waals surface area contributed by atoms with Gasteiger partial charge in [0.2, 0.25) is 10.0 Å². The van der Waals surface area contributed by atoms with E-state index in [4.69, 9.17) is 5.73 Å². The zero-order valence-corrected chi connectivity index (χ0v) is 10.3. The molecule has 0 saturated heterocycles. The van der Waals surface area contributed by atoms with Gasteiger partial charge in [0.25, 0.3) is 0 Å². The topological polar surface area (TPSA) is 98.0 Å². The predicted octanol–water partition coefficient (Wildman–Crippen LogP) is 1.00. The average molecular weight is 264 g/mol. The lowest BCUT2D eigenvalue weighted by Crippen LogP contribution is -2.16. The molecule has 1 heterocycles. The predicted molar refractivity (Wildman–Crippen MR) is 69.1 cm³/mol. The van der Waals surface area contributed by atoms with Gasteiger partial charge in [-0.15, -0.1) is 5.10 Å². The lowest BCUT2D eigenvalue weighted by Gasteiger charge is -2.06. The van der Waals surface area contributed by atoms with E-state index in [1.54, 1.807) is 30.3 Å². The number of anilines is 2. The Morgan fingerprint density at radius 1 is 1.22 bits per heavy atom.